The first kappa shape index (κ1) is 22.1. The number of carbonyl (C=O) groups is 1. The number of hydrogen-bond acceptors (Lipinski definition) is 6. The van der Waals surface area contributed by atoms with E-state index in [1.165, 1.54) is 16.0 Å². The normalized spacial score (nSPS) is 14.3. The predicted molar refractivity (Wildman–Crippen MR) is 131 cm³/mol. The summed E-state index contributed by atoms with van der Waals surface area (Å²) in [7, 11) is 0. The summed E-state index contributed by atoms with van der Waals surface area (Å²) in [6.07, 6.45) is 3.34. The van der Waals surface area contributed by atoms with Crippen LogP contribution in [0, 0.1) is 0 Å². The zero-order chi connectivity index (χ0) is 21.6. The molecule has 1 aliphatic rings. The Hall–Kier alpha value is -2.06. The second kappa shape index (κ2) is 10.5. The third-order valence-corrected chi connectivity index (χ3v) is 7.69. The zero-order valence-electron chi connectivity index (χ0n) is 18.2. The number of thiazole rings is 1. The van der Waals surface area contributed by atoms with Crippen LogP contribution in [0.1, 0.15) is 48.4 Å². The van der Waals surface area contributed by atoms with Crippen LogP contribution in [0.25, 0.3) is 10.6 Å². The fourth-order valence-corrected chi connectivity index (χ4v) is 5.92. The van der Waals surface area contributed by atoms with Gasteiger partial charge in [0.25, 0.3) is 0 Å². The lowest BCUT2D eigenvalue weighted by atomic mass is 10.0. The number of aromatic nitrogens is 1. The molecule has 1 unspecified atom stereocenters. The number of thiophene rings is 1. The molecule has 3 N–H and O–H groups in total. The van der Waals surface area contributed by atoms with Crippen molar-refractivity contribution in [3.05, 3.63) is 57.4 Å². The minimum absolute atomic E-state index is 0.0599. The van der Waals surface area contributed by atoms with E-state index in [9.17, 15) is 4.79 Å². The van der Waals surface area contributed by atoms with Gasteiger partial charge in [-0.3, -0.25) is 4.79 Å². The van der Waals surface area contributed by atoms with E-state index in [1.807, 2.05) is 6.07 Å². The molecule has 5 nitrogen and oxygen atoms in total. The molecule has 0 saturated carbocycles. The molecule has 2 aromatic heterocycles. The topological polar surface area (TPSA) is 66.0 Å². The lowest BCUT2D eigenvalue weighted by Gasteiger charge is -2.13. The molecular weight excluding hydrogens is 424 g/mol. The lowest BCUT2D eigenvalue weighted by molar-refractivity contribution is -0.116. The van der Waals surface area contributed by atoms with E-state index in [1.54, 1.807) is 22.7 Å². The summed E-state index contributed by atoms with van der Waals surface area (Å²) >= 11 is 3.37. The van der Waals surface area contributed by atoms with Crippen LogP contribution >= 0.6 is 22.7 Å². The molecule has 0 spiro atoms. The number of benzene rings is 1. The number of hydrogen-bond donors (Lipinski definition) is 3. The summed E-state index contributed by atoms with van der Waals surface area (Å²) in [5.74, 6) is 0.0599. The van der Waals surface area contributed by atoms with Gasteiger partial charge in [0.2, 0.25) is 5.91 Å². The van der Waals surface area contributed by atoms with Crippen LogP contribution in [-0.2, 0) is 24.2 Å². The first-order chi connectivity index (χ1) is 15.1. The Morgan fingerprint density at radius 1 is 1.29 bits per heavy atom. The van der Waals surface area contributed by atoms with Gasteiger partial charge in [-0.05, 0) is 37.4 Å². The highest BCUT2D eigenvalue weighted by Crippen LogP contribution is 2.43. The molecule has 0 bridgehead atoms. The first-order valence-electron chi connectivity index (χ1n) is 11.0. The van der Waals surface area contributed by atoms with Gasteiger partial charge < -0.3 is 16.0 Å². The Kier molecular flexibility index (Phi) is 7.50. The third kappa shape index (κ3) is 5.60. The molecule has 0 radical (unpaired) electrons. The maximum Gasteiger partial charge on any atom is 0.226 e. The number of nitrogens with one attached hydrogen (secondary N) is 3. The lowest BCUT2D eigenvalue weighted by Crippen LogP contribution is -2.28. The molecule has 1 atom stereocenters. The van der Waals surface area contributed by atoms with E-state index in [0.29, 0.717) is 19.0 Å². The van der Waals surface area contributed by atoms with Gasteiger partial charge in [0, 0.05) is 47.8 Å². The SMILES string of the molecule is CCC(C)NCCC(=O)Nc1sc2c(c1-c1nc(Cc3ccccc3)cs1)CCNC2. The van der Waals surface area contributed by atoms with Crippen molar-refractivity contribution in [1.29, 1.82) is 0 Å². The Morgan fingerprint density at radius 2 is 2.13 bits per heavy atom. The minimum Gasteiger partial charge on any atom is -0.317 e. The average Bonchev–Trinajstić information content (AvgIpc) is 3.37. The maximum atomic E-state index is 12.6. The van der Waals surface area contributed by atoms with Gasteiger partial charge in [-0.15, -0.1) is 22.7 Å². The van der Waals surface area contributed by atoms with E-state index >= 15 is 0 Å². The van der Waals surface area contributed by atoms with Crippen molar-refractivity contribution in [2.45, 2.75) is 52.1 Å². The number of fused-ring (bicyclic) bond motifs is 1. The standard InChI is InChI=1S/C24H30N4OS2/c1-3-16(2)26-12-10-21(29)28-24-22(19-9-11-25-14-20(19)31-24)23-27-18(15-30-23)13-17-7-5-4-6-8-17/h4-8,15-16,25-26H,3,9-14H2,1-2H3,(H,28,29). The van der Waals surface area contributed by atoms with E-state index < -0.39 is 0 Å². The molecule has 3 heterocycles. The van der Waals surface area contributed by atoms with Crippen LogP contribution in [0.4, 0.5) is 5.00 Å². The van der Waals surface area contributed by atoms with Crippen molar-refractivity contribution in [2.24, 2.45) is 0 Å². The van der Waals surface area contributed by atoms with Gasteiger partial charge >= 0.3 is 0 Å². The zero-order valence-corrected chi connectivity index (χ0v) is 19.8. The van der Waals surface area contributed by atoms with Crippen LogP contribution in [0.15, 0.2) is 35.7 Å². The van der Waals surface area contributed by atoms with Crippen LogP contribution in [0.3, 0.4) is 0 Å². The second-order valence-corrected chi connectivity index (χ2v) is 9.97. The summed E-state index contributed by atoms with van der Waals surface area (Å²) in [5, 5.41) is 14.1. The number of anilines is 1. The Balaban J connectivity index is 1.53. The maximum absolute atomic E-state index is 12.6. The number of nitrogens with zero attached hydrogens (tertiary/aromatic N) is 1. The van der Waals surface area contributed by atoms with Crippen molar-refractivity contribution in [1.82, 2.24) is 15.6 Å². The highest BCUT2D eigenvalue weighted by Gasteiger charge is 2.24. The highest BCUT2D eigenvalue weighted by molar-refractivity contribution is 7.18. The van der Waals surface area contributed by atoms with E-state index in [0.717, 1.165) is 53.6 Å². The van der Waals surface area contributed by atoms with Gasteiger partial charge in [0.15, 0.2) is 0 Å². The molecule has 0 fully saturated rings. The molecule has 1 aliphatic heterocycles. The van der Waals surface area contributed by atoms with E-state index in [-0.39, 0.29) is 5.91 Å². The van der Waals surface area contributed by atoms with Crippen molar-refractivity contribution >= 4 is 33.6 Å². The van der Waals surface area contributed by atoms with Crippen LogP contribution in [0.2, 0.25) is 0 Å². The molecule has 0 aliphatic carbocycles. The van der Waals surface area contributed by atoms with Crippen molar-refractivity contribution in [3.63, 3.8) is 0 Å². The Morgan fingerprint density at radius 3 is 2.94 bits per heavy atom. The second-order valence-electron chi connectivity index (χ2n) is 8.00. The van der Waals surface area contributed by atoms with Crippen LogP contribution in [-0.4, -0.2) is 30.0 Å². The molecule has 4 rings (SSSR count). The highest BCUT2D eigenvalue weighted by atomic mass is 32.1. The fourth-order valence-electron chi connectivity index (χ4n) is 3.72. The number of carbonyl (C=O) groups excluding carboxylic acids is 1. The average molecular weight is 455 g/mol. The molecular formula is C24H30N4OS2. The first-order valence-corrected chi connectivity index (χ1v) is 12.7. The number of amides is 1. The molecule has 3 aromatic rings. The summed E-state index contributed by atoms with van der Waals surface area (Å²) in [6, 6.07) is 10.9. The molecule has 7 heteroatoms. The fraction of sp³-hybridized carbons (Fsp3) is 0.417. The summed E-state index contributed by atoms with van der Waals surface area (Å²) < 4.78 is 0. The van der Waals surface area contributed by atoms with Crippen LogP contribution in [0.5, 0.6) is 0 Å². The minimum atomic E-state index is 0.0599. The molecule has 1 aromatic carbocycles. The van der Waals surface area contributed by atoms with Crippen molar-refractivity contribution < 1.29 is 4.79 Å². The number of rotatable bonds is 9. The van der Waals surface area contributed by atoms with Gasteiger partial charge in [-0.25, -0.2) is 4.98 Å². The van der Waals surface area contributed by atoms with E-state index in [2.05, 4.69) is 59.4 Å². The molecule has 31 heavy (non-hydrogen) atoms. The van der Waals surface area contributed by atoms with Crippen molar-refractivity contribution in [3.8, 4) is 10.6 Å². The predicted octanol–water partition coefficient (Wildman–Crippen LogP) is 4.82. The largest absolute Gasteiger partial charge is 0.317 e. The monoisotopic (exact) mass is 454 g/mol. The van der Waals surface area contributed by atoms with Gasteiger partial charge in [0.1, 0.15) is 10.0 Å². The molecule has 0 saturated heterocycles. The van der Waals surface area contributed by atoms with Gasteiger partial charge in [-0.2, -0.15) is 0 Å². The van der Waals surface area contributed by atoms with Crippen molar-refractivity contribution in [2.75, 3.05) is 18.4 Å². The molecule has 1 amide bonds. The summed E-state index contributed by atoms with van der Waals surface area (Å²) in [4.78, 5) is 18.9. The van der Waals surface area contributed by atoms with Crippen LogP contribution < -0.4 is 16.0 Å². The summed E-state index contributed by atoms with van der Waals surface area (Å²) in [5.41, 5.74) is 4.82. The third-order valence-electron chi connectivity index (χ3n) is 5.63. The van der Waals surface area contributed by atoms with Gasteiger partial charge in [0.05, 0.1) is 5.69 Å². The summed E-state index contributed by atoms with van der Waals surface area (Å²) in [6.45, 7) is 6.81. The molecule has 164 valence electrons. The smallest absolute Gasteiger partial charge is 0.226 e. The Bertz CT molecular complexity index is 1010. The Labute approximate surface area is 192 Å². The quantitative estimate of drug-likeness (QED) is 0.433. The van der Waals surface area contributed by atoms with E-state index in [4.69, 9.17) is 4.98 Å². The van der Waals surface area contributed by atoms with Gasteiger partial charge in [-0.1, -0.05) is 37.3 Å².